The fourth-order valence-electron chi connectivity index (χ4n) is 2.68. The third-order valence-electron chi connectivity index (χ3n) is 4.05. The van der Waals surface area contributed by atoms with E-state index in [-0.39, 0.29) is 30.1 Å². The quantitative estimate of drug-likeness (QED) is 0.644. The summed E-state index contributed by atoms with van der Waals surface area (Å²) in [5.41, 5.74) is 0.668. The number of carboxylic acid groups (broad SMARTS) is 1. The normalized spacial score (nSPS) is 11.4. The van der Waals surface area contributed by atoms with Crippen LogP contribution in [0.4, 0.5) is 10.1 Å². The van der Waals surface area contributed by atoms with Gasteiger partial charge in [0, 0.05) is 19.2 Å². The minimum Gasteiger partial charge on any atom is -0.496 e. The Morgan fingerprint density at radius 3 is 2.54 bits per heavy atom. The summed E-state index contributed by atoms with van der Waals surface area (Å²) in [7, 11) is 1.49. The molecule has 8 heteroatoms. The first-order valence-electron chi connectivity index (χ1n) is 8.51. The number of methoxy groups -OCH3 is 1. The highest BCUT2D eigenvalue weighted by Gasteiger charge is 2.22. The Kier molecular flexibility index (Phi) is 7.08. The van der Waals surface area contributed by atoms with Gasteiger partial charge in [-0.15, -0.1) is 0 Å². The molecule has 3 N–H and O–H groups in total. The van der Waals surface area contributed by atoms with Crippen molar-refractivity contribution in [2.24, 2.45) is 5.92 Å². The Morgan fingerprint density at radius 2 is 1.89 bits per heavy atom. The van der Waals surface area contributed by atoms with Crippen molar-refractivity contribution in [2.75, 3.05) is 19.0 Å². The van der Waals surface area contributed by atoms with Crippen LogP contribution in [-0.4, -0.2) is 36.5 Å². The molecule has 2 aromatic rings. The lowest BCUT2D eigenvalue weighted by Gasteiger charge is -2.16. The molecule has 0 spiro atoms. The van der Waals surface area contributed by atoms with Crippen molar-refractivity contribution in [3.8, 4) is 5.75 Å². The van der Waals surface area contributed by atoms with Crippen molar-refractivity contribution in [1.82, 2.24) is 5.32 Å². The van der Waals surface area contributed by atoms with Gasteiger partial charge in [-0.05, 0) is 36.2 Å². The standard InChI is InChI=1S/C20H21FN2O5/c1-12(24)23-15-7-8-17(21)16(10-15)19(25)22-11-14(20(26)27)9-13-5-3-4-6-18(13)28-2/h3-8,10,14H,9,11H2,1-2H3,(H,22,25)(H,23,24)(H,26,27). The van der Waals surface area contributed by atoms with Crippen LogP contribution in [0.15, 0.2) is 42.5 Å². The molecular formula is C20H21FN2O5. The molecule has 0 heterocycles. The SMILES string of the molecule is COc1ccccc1CC(CNC(=O)c1cc(NC(C)=O)ccc1F)C(=O)O. The summed E-state index contributed by atoms with van der Waals surface area (Å²) in [6.45, 7) is 1.09. The molecule has 0 radical (unpaired) electrons. The predicted octanol–water partition coefficient (Wildman–Crippen LogP) is 2.47. The zero-order valence-corrected chi connectivity index (χ0v) is 15.5. The number of aliphatic carboxylic acids is 1. The zero-order valence-electron chi connectivity index (χ0n) is 15.5. The van der Waals surface area contributed by atoms with Gasteiger partial charge in [0.15, 0.2) is 0 Å². The van der Waals surface area contributed by atoms with E-state index in [0.29, 0.717) is 11.3 Å². The molecular weight excluding hydrogens is 367 g/mol. The molecule has 2 amide bonds. The molecule has 2 rings (SSSR count). The number of rotatable bonds is 8. The molecule has 0 fully saturated rings. The van der Waals surface area contributed by atoms with Gasteiger partial charge in [0.1, 0.15) is 11.6 Å². The van der Waals surface area contributed by atoms with Crippen molar-refractivity contribution in [2.45, 2.75) is 13.3 Å². The number of hydrogen-bond acceptors (Lipinski definition) is 4. The summed E-state index contributed by atoms with van der Waals surface area (Å²) in [5, 5.41) is 14.4. The first-order chi connectivity index (χ1) is 13.3. The van der Waals surface area contributed by atoms with Gasteiger partial charge < -0.3 is 20.5 Å². The Bertz CT molecular complexity index is 885. The number of carboxylic acids is 1. The predicted molar refractivity (Wildman–Crippen MR) is 101 cm³/mol. The second kappa shape index (κ2) is 9.50. The maximum absolute atomic E-state index is 14.0. The molecule has 1 atom stereocenters. The van der Waals surface area contributed by atoms with E-state index >= 15 is 0 Å². The molecule has 148 valence electrons. The van der Waals surface area contributed by atoms with Crippen molar-refractivity contribution in [1.29, 1.82) is 0 Å². The second-order valence-corrected chi connectivity index (χ2v) is 6.14. The van der Waals surface area contributed by atoms with Crippen molar-refractivity contribution in [3.05, 3.63) is 59.4 Å². The summed E-state index contributed by atoms with van der Waals surface area (Å²) in [6, 6.07) is 10.6. The molecule has 0 saturated carbocycles. The van der Waals surface area contributed by atoms with E-state index in [1.165, 1.54) is 26.2 Å². The molecule has 0 aliphatic heterocycles. The van der Waals surface area contributed by atoms with Crippen molar-refractivity contribution >= 4 is 23.5 Å². The minimum atomic E-state index is -1.10. The van der Waals surface area contributed by atoms with Crippen LogP contribution in [0.1, 0.15) is 22.8 Å². The van der Waals surface area contributed by atoms with Crippen LogP contribution in [0.2, 0.25) is 0 Å². The zero-order chi connectivity index (χ0) is 20.7. The first kappa shape index (κ1) is 20.9. The lowest BCUT2D eigenvalue weighted by molar-refractivity contribution is -0.141. The van der Waals surface area contributed by atoms with E-state index in [0.717, 1.165) is 6.07 Å². The lowest BCUT2D eigenvalue weighted by atomic mass is 9.98. The van der Waals surface area contributed by atoms with E-state index in [9.17, 15) is 23.9 Å². The lowest BCUT2D eigenvalue weighted by Crippen LogP contribution is -2.34. The highest BCUT2D eigenvalue weighted by atomic mass is 19.1. The van der Waals surface area contributed by atoms with Gasteiger partial charge in [0.2, 0.25) is 5.91 Å². The number of carbonyl (C=O) groups is 3. The number of para-hydroxylation sites is 1. The number of hydrogen-bond donors (Lipinski definition) is 3. The molecule has 2 aromatic carbocycles. The Morgan fingerprint density at radius 1 is 1.18 bits per heavy atom. The van der Waals surface area contributed by atoms with E-state index < -0.39 is 23.6 Å². The van der Waals surface area contributed by atoms with Crippen molar-refractivity contribution in [3.63, 3.8) is 0 Å². The van der Waals surface area contributed by atoms with Crippen LogP contribution in [-0.2, 0) is 16.0 Å². The maximum Gasteiger partial charge on any atom is 0.308 e. The number of anilines is 1. The van der Waals surface area contributed by atoms with E-state index in [4.69, 9.17) is 4.74 Å². The molecule has 0 aromatic heterocycles. The number of carbonyl (C=O) groups excluding carboxylic acids is 2. The van der Waals surface area contributed by atoms with E-state index in [1.807, 2.05) is 0 Å². The fraction of sp³-hybridized carbons (Fsp3) is 0.250. The summed E-state index contributed by atoms with van der Waals surface area (Å²) < 4.78 is 19.2. The van der Waals surface area contributed by atoms with Crippen LogP contribution in [0.3, 0.4) is 0 Å². The van der Waals surface area contributed by atoms with E-state index in [1.54, 1.807) is 24.3 Å². The summed E-state index contributed by atoms with van der Waals surface area (Å²) in [4.78, 5) is 35.0. The van der Waals surface area contributed by atoms with Crippen LogP contribution in [0.5, 0.6) is 5.75 Å². The summed E-state index contributed by atoms with van der Waals surface area (Å²) in [6.07, 6.45) is 0.133. The topological polar surface area (TPSA) is 105 Å². The van der Waals surface area contributed by atoms with Gasteiger partial charge >= 0.3 is 5.97 Å². The fourth-order valence-corrected chi connectivity index (χ4v) is 2.68. The van der Waals surface area contributed by atoms with Crippen molar-refractivity contribution < 1.29 is 28.6 Å². The largest absolute Gasteiger partial charge is 0.496 e. The highest BCUT2D eigenvalue weighted by Crippen LogP contribution is 2.21. The molecule has 28 heavy (non-hydrogen) atoms. The molecule has 0 bridgehead atoms. The third kappa shape index (κ3) is 5.54. The van der Waals surface area contributed by atoms with Gasteiger partial charge in [-0.2, -0.15) is 0 Å². The van der Waals surface area contributed by atoms with Gasteiger partial charge in [-0.25, -0.2) is 4.39 Å². The smallest absolute Gasteiger partial charge is 0.308 e. The number of ether oxygens (including phenoxy) is 1. The number of nitrogens with one attached hydrogen (secondary N) is 2. The van der Waals surface area contributed by atoms with E-state index in [2.05, 4.69) is 10.6 Å². The van der Waals surface area contributed by atoms with Crippen LogP contribution >= 0.6 is 0 Å². The van der Waals surface area contributed by atoms with Gasteiger partial charge in [-0.3, -0.25) is 14.4 Å². The minimum absolute atomic E-state index is 0.133. The molecule has 1 unspecified atom stereocenters. The highest BCUT2D eigenvalue weighted by molar-refractivity contribution is 5.97. The van der Waals surface area contributed by atoms with Gasteiger partial charge in [-0.1, -0.05) is 18.2 Å². The number of amides is 2. The average Bonchev–Trinajstić information content (AvgIpc) is 2.66. The monoisotopic (exact) mass is 388 g/mol. The van der Waals surface area contributed by atoms with Crippen LogP contribution < -0.4 is 15.4 Å². The van der Waals surface area contributed by atoms with Crippen LogP contribution in [0.25, 0.3) is 0 Å². The van der Waals surface area contributed by atoms with Gasteiger partial charge in [0.05, 0.1) is 18.6 Å². The molecule has 7 nitrogen and oxygen atoms in total. The first-order valence-corrected chi connectivity index (χ1v) is 8.51. The third-order valence-corrected chi connectivity index (χ3v) is 4.05. The Hall–Kier alpha value is -3.42. The molecule has 0 aliphatic carbocycles. The van der Waals surface area contributed by atoms with Gasteiger partial charge in [0.25, 0.3) is 5.91 Å². The Labute approximate surface area is 161 Å². The Balaban J connectivity index is 2.10. The second-order valence-electron chi connectivity index (χ2n) is 6.14. The number of benzene rings is 2. The summed E-state index contributed by atoms with van der Waals surface area (Å²) >= 11 is 0. The summed E-state index contributed by atoms with van der Waals surface area (Å²) in [5.74, 6) is -3.38. The maximum atomic E-state index is 14.0. The van der Waals surface area contributed by atoms with Crippen LogP contribution in [0, 0.1) is 11.7 Å². The number of halogens is 1. The molecule has 0 saturated heterocycles. The molecule has 0 aliphatic rings. The average molecular weight is 388 g/mol.